The van der Waals surface area contributed by atoms with Gasteiger partial charge in [-0.1, -0.05) is 170 Å². The SMILES string of the molecule is N#Cc1ccccc1-c1c2nc(c(-c3ccccc3C#N)c3[n-]c(c(-c4ccccc4C#N)c4nc(c(-c5ccccc5C#N)c5[n-]c1c1cc6ccccc6cc51)-c1cc5ccccc5cc1-4)c1cc4ccccc4cc31)-c1cc3ccccc3cc1-2.[Pd+2]. The molecule has 0 amide bonds. The molecule has 3 aliphatic rings. The molecule has 2 aliphatic heterocycles. The Morgan fingerprint density at radius 1 is 0.236 bits per heavy atom. The molecule has 12 aromatic carbocycles. The molecule has 0 N–H and O–H groups in total. The Balaban J connectivity index is 0.00000636. The van der Waals surface area contributed by atoms with Gasteiger partial charge in [-0.05, 0) is 160 Å². The third kappa shape index (κ3) is 7.99. The first kappa shape index (κ1) is 52.5. The minimum absolute atomic E-state index is 0. The van der Waals surface area contributed by atoms with E-state index in [1.54, 1.807) is 0 Å². The maximum Gasteiger partial charge on any atom is 2.00 e. The minimum Gasteiger partial charge on any atom is -0.656 e. The summed E-state index contributed by atoms with van der Waals surface area (Å²) >= 11 is 0. The zero-order valence-electron chi connectivity index (χ0n) is 47.0. The minimum atomic E-state index is 0. The van der Waals surface area contributed by atoms with Crippen molar-refractivity contribution in [2.24, 2.45) is 0 Å². The van der Waals surface area contributed by atoms with E-state index in [-0.39, 0.29) is 20.4 Å². The summed E-state index contributed by atoms with van der Waals surface area (Å²) in [4.78, 5) is 24.1. The van der Waals surface area contributed by atoms with Crippen LogP contribution in [0.5, 0.6) is 0 Å². The summed E-state index contributed by atoms with van der Waals surface area (Å²) < 4.78 is 0. The first-order valence-electron chi connectivity index (χ1n) is 28.9. The van der Waals surface area contributed by atoms with Crippen molar-refractivity contribution in [2.45, 2.75) is 0 Å². The smallest absolute Gasteiger partial charge is 0.656 e. The molecule has 1 aliphatic carbocycles. The molecule has 0 radical (unpaired) electrons. The molecule has 8 bridgehead atoms. The van der Waals surface area contributed by atoms with Crippen molar-refractivity contribution in [1.29, 1.82) is 21.0 Å². The Morgan fingerprint density at radius 3 is 0.640 bits per heavy atom. The van der Waals surface area contributed by atoms with E-state index in [1.807, 2.05) is 146 Å². The molecule has 0 atom stereocenters. The van der Waals surface area contributed by atoms with E-state index in [9.17, 15) is 21.0 Å². The van der Waals surface area contributed by atoms with Crippen LogP contribution in [0.4, 0.5) is 0 Å². The fourth-order valence-corrected chi connectivity index (χ4v) is 13.6. The van der Waals surface area contributed by atoms with E-state index in [1.165, 1.54) is 0 Å². The van der Waals surface area contributed by atoms with E-state index in [0.29, 0.717) is 112 Å². The fourth-order valence-electron chi connectivity index (χ4n) is 13.6. The van der Waals surface area contributed by atoms with Crippen molar-refractivity contribution in [3.63, 3.8) is 0 Å². The van der Waals surface area contributed by atoms with E-state index >= 15 is 0 Å². The topological polar surface area (TPSA) is 149 Å². The van der Waals surface area contributed by atoms with Crippen molar-refractivity contribution in [1.82, 2.24) is 19.9 Å². The van der Waals surface area contributed by atoms with Crippen LogP contribution >= 0.6 is 0 Å². The summed E-state index contributed by atoms with van der Waals surface area (Å²) in [6.07, 6.45) is 0. The van der Waals surface area contributed by atoms with Gasteiger partial charge in [0.25, 0.3) is 0 Å². The van der Waals surface area contributed by atoms with E-state index in [2.05, 4.69) is 121 Å². The zero-order chi connectivity index (χ0) is 58.7. The Kier molecular flexibility index (Phi) is 12.1. The fraction of sp³-hybridized carbons (Fsp3) is 0. The van der Waals surface area contributed by atoms with Crippen LogP contribution < -0.4 is 9.97 Å². The average Bonchev–Trinajstić information content (AvgIpc) is 1.59. The second-order valence-electron chi connectivity index (χ2n) is 22.3. The summed E-state index contributed by atoms with van der Waals surface area (Å²) in [7, 11) is 0. The van der Waals surface area contributed by atoms with E-state index < -0.39 is 0 Å². The third-order valence-corrected chi connectivity index (χ3v) is 17.6. The van der Waals surface area contributed by atoms with Crippen molar-refractivity contribution >= 4 is 86.7 Å². The van der Waals surface area contributed by atoms with Crippen LogP contribution in [0.2, 0.25) is 0 Å². The number of benzene rings is 12. The third-order valence-electron chi connectivity index (χ3n) is 17.6. The summed E-state index contributed by atoms with van der Waals surface area (Å²) in [5.74, 6) is 0. The summed E-state index contributed by atoms with van der Waals surface area (Å²) in [6, 6.07) is 91.3. The van der Waals surface area contributed by atoms with Crippen molar-refractivity contribution in [3.05, 3.63) is 265 Å². The first-order chi connectivity index (χ1) is 43.5. The van der Waals surface area contributed by atoms with Crippen LogP contribution in [0.1, 0.15) is 22.3 Å². The van der Waals surface area contributed by atoms with E-state index in [0.717, 1.165) is 86.9 Å². The molecule has 9 heteroatoms. The van der Waals surface area contributed by atoms with Crippen LogP contribution in [-0.4, -0.2) is 9.97 Å². The van der Waals surface area contributed by atoms with Gasteiger partial charge in [0.1, 0.15) is 0 Å². The summed E-state index contributed by atoms with van der Waals surface area (Å²) in [6.45, 7) is 0. The first-order valence-corrected chi connectivity index (χ1v) is 28.9. The molecule has 410 valence electrons. The van der Waals surface area contributed by atoms with Gasteiger partial charge in [-0.15, -0.1) is 22.1 Å². The zero-order valence-corrected chi connectivity index (χ0v) is 48.5. The Hall–Kier alpha value is -12.1. The molecule has 0 spiro atoms. The van der Waals surface area contributed by atoms with E-state index in [4.69, 9.17) is 19.9 Å². The quantitative estimate of drug-likeness (QED) is 0.158. The Labute approximate surface area is 523 Å². The van der Waals surface area contributed by atoms with Gasteiger partial charge >= 0.3 is 20.4 Å². The van der Waals surface area contributed by atoms with Crippen LogP contribution in [0, 0.1) is 45.3 Å². The predicted molar refractivity (Wildman–Crippen MR) is 353 cm³/mol. The number of nitrogens with zero attached hydrogens (tertiary/aromatic N) is 8. The molecule has 89 heavy (non-hydrogen) atoms. The second-order valence-corrected chi connectivity index (χ2v) is 22.3. The molecule has 17 rings (SSSR count). The number of rotatable bonds is 4. The Morgan fingerprint density at radius 2 is 0.427 bits per heavy atom. The molecule has 14 aromatic rings. The van der Waals surface area contributed by atoms with Gasteiger partial charge in [-0.25, -0.2) is 9.97 Å². The standard InChI is InChI=1S/C80H40N8.Pd/c81-41-53-25-9-13-29-57(53)69-73-61-33-45-17-1-2-18-46(45)34-62(61)74(85-73)70(58-30-14-10-26-54(58)42-82)76-65-37-49-21-5-6-22-50(49)38-66(65)78(87-76)72(60-32-16-12-28-56(60)44-84)80-68-40-52-24-8-7-23-51(52)39-67(68)79(88-80)71(59-31-15-11-27-55(59)43-83)77-64-36-48-20-4-3-19-47(48)35-63(64)75(69)86-77;/h1-40H;/q-2;+2. The summed E-state index contributed by atoms with van der Waals surface area (Å²) in [5, 5.41) is 56.3. The number of nitriles is 4. The van der Waals surface area contributed by atoms with Gasteiger partial charge in [0.2, 0.25) is 0 Å². The van der Waals surface area contributed by atoms with Gasteiger partial charge in [0, 0.05) is 44.5 Å². The maximum atomic E-state index is 11.3. The van der Waals surface area contributed by atoms with Crippen LogP contribution in [0.3, 0.4) is 0 Å². The second kappa shape index (κ2) is 20.6. The monoisotopic (exact) mass is 1220 g/mol. The largest absolute Gasteiger partial charge is 2.00 e. The normalized spacial score (nSPS) is 11.5. The van der Waals surface area contributed by atoms with Gasteiger partial charge in [0.05, 0.1) is 69.3 Å². The van der Waals surface area contributed by atoms with Crippen molar-refractivity contribution < 1.29 is 20.4 Å². The number of hydrogen-bond acceptors (Lipinski definition) is 6. The van der Waals surface area contributed by atoms with Crippen LogP contribution in [0.15, 0.2) is 243 Å². The number of aromatic nitrogens is 4. The van der Waals surface area contributed by atoms with Crippen molar-refractivity contribution in [2.75, 3.05) is 0 Å². The van der Waals surface area contributed by atoms with Crippen molar-refractivity contribution in [3.8, 4) is 114 Å². The molecular formula is C80H40N8Pd. The van der Waals surface area contributed by atoms with Gasteiger partial charge in [0.15, 0.2) is 0 Å². The molecule has 0 saturated carbocycles. The molecule has 4 heterocycles. The summed E-state index contributed by atoms with van der Waals surface area (Å²) in [5.41, 5.74) is 14.3. The number of fused-ring (bicyclic) bond motifs is 4. The molecule has 0 saturated heterocycles. The molecule has 2 aromatic heterocycles. The molecular weight excluding hydrogens is 1180 g/mol. The van der Waals surface area contributed by atoms with Gasteiger partial charge < -0.3 is 9.97 Å². The van der Waals surface area contributed by atoms with Crippen LogP contribution in [0.25, 0.3) is 176 Å². The molecule has 8 nitrogen and oxygen atoms in total. The molecule has 0 fully saturated rings. The van der Waals surface area contributed by atoms with Gasteiger partial charge in [-0.2, -0.15) is 21.0 Å². The molecule has 0 unspecified atom stereocenters. The van der Waals surface area contributed by atoms with Gasteiger partial charge in [-0.3, -0.25) is 0 Å². The predicted octanol–water partition coefficient (Wildman–Crippen LogP) is 19.3. The maximum absolute atomic E-state index is 11.3. The number of hydrogen-bond donors (Lipinski definition) is 0. The average molecular weight is 1220 g/mol. The Bertz CT molecular complexity index is 5290. The van der Waals surface area contributed by atoms with Crippen LogP contribution in [-0.2, 0) is 20.4 Å².